The highest BCUT2D eigenvalue weighted by Crippen LogP contribution is 2.16. The Morgan fingerprint density at radius 3 is 2.95 bits per heavy atom. The zero-order chi connectivity index (χ0) is 15.8. The molecule has 2 rings (SSSR count). The predicted molar refractivity (Wildman–Crippen MR) is 87.7 cm³/mol. The Labute approximate surface area is 129 Å². The molecule has 0 amide bonds. The van der Waals surface area contributed by atoms with Gasteiger partial charge in [-0.2, -0.15) is 5.10 Å². The lowest BCUT2D eigenvalue weighted by atomic mass is 10.2. The lowest BCUT2D eigenvalue weighted by Crippen LogP contribution is -2.11. The molecule has 1 aromatic carbocycles. The van der Waals surface area contributed by atoms with E-state index in [4.69, 9.17) is 4.74 Å². The van der Waals surface area contributed by atoms with Crippen molar-refractivity contribution in [3.8, 4) is 5.75 Å². The molecule has 0 fully saturated rings. The number of benzene rings is 1. The van der Waals surface area contributed by atoms with Gasteiger partial charge in [0.1, 0.15) is 5.75 Å². The van der Waals surface area contributed by atoms with Crippen LogP contribution in [0, 0.1) is 0 Å². The molecular formula is C16H20N4O2. The molecule has 0 saturated carbocycles. The number of nitrogens with one attached hydrogen (secondary N) is 2. The van der Waals surface area contributed by atoms with Gasteiger partial charge in [-0.25, -0.2) is 10.4 Å². The highest BCUT2D eigenvalue weighted by Gasteiger charge is 2.01. The summed E-state index contributed by atoms with van der Waals surface area (Å²) in [5, 5.41) is 4.11. The molecule has 22 heavy (non-hydrogen) atoms. The van der Waals surface area contributed by atoms with E-state index in [0.29, 0.717) is 24.7 Å². The highest BCUT2D eigenvalue weighted by molar-refractivity contribution is 5.83. The summed E-state index contributed by atoms with van der Waals surface area (Å²) in [4.78, 5) is 18.3. The Hall–Kier alpha value is -2.63. The van der Waals surface area contributed by atoms with E-state index in [-0.39, 0.29) is 5.56 Å². The lowest BCUT2D eigenvalue weighted by molar-refractivity contribution is 0.317. The van der Waals surface area contributed by atoms with Crippen molar-refractivity contribution in [3.63, 3.8) is 0 Å². The van der Waals surface area contributed by atoms with Gasteiger partial charge in [-0.3, -0.25) is 9.78 Å². The standard InChI is InChI=1S/C16H20N4O2/c1-3-9-22-14-8-6-5-7-12(14)11-17-20-16-18-13(4-2)10-15(21)19-16/h5-8,10-11H,3-4,9H2,1-2H3,(H2,18,19,20,21)/b17-11-. The second kappa shape index (κ2) is 7.97. The van der Waals surface area contributed by atoms with Gasteiger partial charge < -0.3 is 4.74 Å². The molecule has 116 valence electrons. The third kappa shape index (κ3) is 4.44. The Balaban J connectivity index is 2.09. The van der Waals surface area contributed by atoms with Gasteiger partial charge in [0.15, 0.2) is 0 Å². The van der Waals surface area contributed by atoms with Crippen molar-refractivity contribution in [1.82, 2.24) is 9.97 Å². The number of para-hydroxylation sites is 1. The van der Waals surface area contributed by atoms with Crippen LogP contribution in [0.5, 0.6) is 5.75 Å². The maximum atomic E-state index is 11.5. The average molecular weight is 300 g/mol. The minimum absolute atomic E-state index is 0.198. The molecular weight excluding hydrogens is 280 g/mol. The number of nitrogens with zero attached hydrogens (tertiary/aromatic N) is 2. The highest BCUT2D eigenvalue weighted by atomic mass is 16.5. The van der Waals surface area contributed by atoms with Gasteiger partial charge in [0.2, 0.25) is 5.95 Å². The molecule has 0 spiro atoms. The summed E-state index contributed by atoms with van der Waals surface area (Å²) in [6.07, 6.45) is 3.28. The Morgan fingerprint density at radius 2 is 2.18 bits per heavy atom. The molecule has 0 aliphatic carbocycles. The van der Waals surface area contributed by atoms with Crippen molar-refractivity contribution < 1.29 is 4.74 Å². The van der Waals surface area contributed by atoms with E-state index in [1.807, 2.05) is 31.2 Å². The minimum atomic E-state index is -0.198. The zero-order valence-corrected chi connectivity index (χ0v) is 12.8. The minimum Gasteiger partial charge on any atom is -0.493 e. The maximum absolute atomic E-state index is 11.5. The third-order valence-corrected chi connectivity index (χ3v) is 2.91. The van der Waals surface area contributed by atoms with Crippen LogP contribution in [0.15, 0.2) is 40.2 Å². The van der Waals surface area contributed by atoms with E-state index >= 15 is 0 Å². The summed E-state index contributed by atoms with van der Waals surface area (Å²) in [5.74, 6) is 1.10. The maximum Gasteiger partial charge on any atom is 0.252 e. The van der Waals surface area contributed by atoms with Crippen LogP contribution in [0.25, 0.3) is 0 Å². The number of hydrazone groups is 1. The number of aromatic nitrogens is 2. The molecule has 1 heterocycles. The van der Waals surface area contributed by atoms with Crippen molar-refractivity contribution in [3.05, 3.63) is 51.9 Å². The number of ether oxygens (including phenoxy) is 1. The Bertz CT molecular complexity index is 695. The fourth-order valence-corrected chi connectivity index (χ4v) is 1.84. The van der Waals surface area contributed by atoms with E-state index in [1.54, 1.807) is 6.21 Å². The van der Waals surface area contributed by atoms with Gasteiger partial charge >= 0.3 is 0 Å². The number of hydrogen-bond donors (Lipinski definition) is 2. The largest absolute Gasteiger partial charge is 0.493 e. The number of hydrogen-bond acceptors (Lipinski definition) is 5. The van der Waals surface area contributed by atoms with Crippen LogP contribution in [0.1, 0.15) is 31.5 Å². The summed E-state index contributed by atoms with van der Waals surface area (Å²) in [6.45, 7) is 4.66. The first-order valence-electron chi connectivity index (χ1n) is 7.34. The molecule has 0 atom stereocenters. The van der Waals surface area contributed by atoms with E-state index in [1.165, 1.54) is 6.07 Å². The molecule has 0 saturated heterocycles. The summed E-state index contributed by atoms with van der Waals surface area (Å²) in [6, 6.07) is 9.12. The normalized spacial score (nSPS) is 10.8. The lowest BCUT2D eigenvalue weighted by Gasteiger charge is -2.07. The number of H-pyrrole nitrogens is 1. The molecule has 0 radical (unpaired) electrons. The van der Waals surface area contributed by atoms with Crippen LogP contribution in [0.2, 0.25) is 0 Å². The summed E-state index contributed by atoms with van der Waals surface area (Å²) >= 11 is 0. The summed E-state index contributed by atoms with van der Waals surface area (Å²) < 4.78 is 5.65. The molecule has 2 N–H and O–H groups in total. The molecule has 0 aliphatic rings. The van der Waals surface area contributed by atoms with Crippen molar-refractivity contribution in [2.45, 2.75) is 26.7 Å². The fraction of sp³-hybridized carbons (Fsp3) is 0.312. The quantitative estimate of drug-likeness (QED) is 0.608. The first-order chi connectivity index (χ1) is 10.7. The second-order valence-corrected chi connectivity index (χ2v) is 4.70. The molecule has 1 aromatic heterocycles. The first-order valence-corrected chi connectivity index (χ1v) is 7.34. The fourth-order valence-electron chi connectivity index (χ4n) is 1.84. The van der Waals surface area contributed by atoms with Crippen LogP contribution in [0.3, 0.4) is 0 Å². The first kappa shape index (κ1) is 15.8. The molecule has 2 aromatic rings. The monoisotopic (exact) mass is 300 g/mol. The summed E-state index contributed by atoms with van der Waals surface area (Å²) in [5.41, 5.74) is 4.12. The Morgan fingerprint density at radius 1 is 1.36 bits per heavy atom. The van der Waals surface area contributed by atoms with Crippen LogP contribution in [-0.2, 0) is 6.42 Å². The van der Waals surface area contributed by atoms with Crippen LogP contribution in [0.4, 0.5) is 5.95 Å². The van der Waals surface area contributed by atoms with E-state index in [0.717, 1.165) is 17.7 Å². The number of aryl methyl sites for hydroxylation is 1. The van der Waals surface area contributed by atoms with Crippen LogP contribution >= 0.6 is 0 Å². The van der Waals surface area contributed by atoms with Gasteiger partial charge in [-0.05, 0) is 25.0 Å². The van der Waals surface area contributed by atoms with Crippen LogP contribution in [-0.4, -0.2) is 22.8 Å². The van der Waals surface area contributed by atoms with E-state index < -0.39 is 0 Å². The topological polar surface area (TPSA) is 79.4 Å². The van der Waals surface area contributed by atoms with Gasteiger partial charge in [-0.15, -0.1) is 0 Å². The Kier molecular flexibility index (Phi) is 5.71. The molecule has 0 bridgehead atoms. The second-order valence-electron chi connectivity index (χ2n) is 4.70. The van der Waals surface area contributed by atoms with Crippen molar-refractivity contribution in [2.24, 2.45) is 5.10 Å². The molecule has 0 aliphatic heterocycles. The van der Waals surface area contributed by atoms with E-state index in [9.17, 15) is 4.79 Å². The number of aromatic amines is 1. The smallest absolute Gasteiger partial charge is 0.252 e. The SMILES string of the molecule is CCCOc1ccccc1/C=N\Nc1nc(CC)cc(=O)[nH]1. The number of anilines is 1. The average Bonchev–Trinajstić information content (AvgIpc) is 2.53. The molecule has 6 heteroatoms. The van der Waals surface area contributed by atoms with Gasteiger partial charge in [0.25, 0.3) is 5.56 Å². The van der Waals surface area contributed by atoms with Crippen molar-refractivity contribution in [2.75, 3.05) is 12.0 Å². The van der Waals surface area contributed by atoms with E-state index in [2.05, 4.69) is 27.4 Å². The molecule has 6 nitrogen and oxygen atoms in total. The van der Waals surface area contributed by atoms with Gasteiger partial charge in [0.05, 0.1) is 12.8 Å². The van der Waals surface area contributed by atoms with Crippen molar-refractivity contribution >= 4 is 12.2 Å². The van der Waals surface area contributed by atoms with Gasteiger partial charge in [0, 0.05) is 17.3 Å². The summed E-state index contributed by atoms with van der Waals surface area (Å²) in [7, 11) is 0. The molecule has 0 unspecified atom stereocenters. The zero-order valence-electron chi connectivity index (χ0n) is 12.8. The third-order valence-electron chi connectivity index (χ3n) is 2.91. The van der Waals surface area contributed by atoms with Crippen LogP contribution < -0.4 is 15.7 Å². The van der Waals surface area contributed by atoms with Crippen molar-refractivity contribution in [1.29, 1.82) is 0 Å². The number of rotatable bonds is 7. The van der Waals surface area contributed by atoms with Gasteiger partial charge in [-0.1, -0.05) is 26.0 Å². The predicted octanol–water partition coefficient (Wildman–Crippen LogP) is 2.57.